The summed E-state index contributed by atoms with van der Waals surface area (Å²) in [5.41, 5.74) is -2.97. The topological polar surface area (TPSA) is 75.5 Å². The molecule has 0 bridgehead atoms. The van der Waals surface area contributed by atoms with Gasteiger partial charge < -0.3 is 14.7 Å². The van der Waals surface area contributed by atoms with Gasteiger partial charge in [0, 0.05) is 18.5 Å². The molecule has 3 rings (SSSR count). The lowest BCUT2D eigenvalue weighted by molar-refractivity contribution is -0.141. The lowest BCUT2D eigenvalue weighted by Crippen LogP contribution is -2.37. The summed E-state index contributed by atoms with van der Waals surface area (Å²) in [6.07, 6.45) is -4.96. The van der Waals surface area contributed by atoms with Gasteiger partial charge in [0.1, 0.15) is 0 Å². The molecule has 0 radical (unpaired) electrons. The molecule has 24 heavy (non-hydrogen) atoms. The average molecular weight is 345 g/mol. The van der Waals surface area contributed by atoms with E-state index in [1.165, 1.54) is 0 Å². The number of ether oxygens (including phenoxy) is 1. The van der Waals surface area contributed by atoms with Crippen LogP contribution >= 0.6 is 0 Å². The minimum absolute atomic E-state index is 0.116. The maximum atomic E-state index is 14.2. The first kappa shape index (κ1) is 16.4. The first-order valence-corrected chi connectivity index (χ1v) is 6.92. The molecule has 1 aliphatic heterocycles. The Bertz CT molecular complexity index is 804. The number of fused-ring (bicyclic) bond motifs is 1. The van der Waals surface area contributed by atoms with Crippen LogP contribution in [0.1, 0.15) is 16.1 Å². The summed E-state index contributed by atoms with van der Waals surface area (Å²) in [6, 6.07) is 1.67. The van der Waals surface area contributed by atoms with Gasteiger partial charge in [-0.05, 0) is 12.1 Å². The van der Waals surface area contributed by atoms with Gasteiger partial charge in [0.2, 0.25) is 0 Å². The number of aromatic nitrogens is 2. The van der Waals surface area contributed by atoms with E-state index < -0.39 is 29.2 Å². The number of anilines is 1. The second kappa shape index (κ2) is 5.86. The van der Waals surface area contributed by atoms with Crippen LogP contribution in [0.3, 0.4) is 0 Å². The van der Waals surface area contributed by atoms with Crippen LogP contribution in [0.25, 0.3) is 11.0 Å². The molecule has 0 aliphatic carbocycles. The fraction of sp³-hybridized carbons (Fsp3) is 0.357. The molecule has 0 atom stereocenters. The lowest BCUT2D eigenvalue weighted by Gasteiger charge is -2.28. The first-order valence-electron chi connectivity index (χ1n) is 6.92. The number of nitrogens with zero attached hydrogens (tertiary/aromatic N) is 3. The number of aromatic carboxylic acids is 1. The Morgan fingerprint density at radius 1 is 1.21 bits per heavy atom. The Labute approximate surface area is 132 Å². The number of halogens is 4. The molecule has 3 heterocycles. The fourth-order valence-corrected chi connectivity index (χ4v) is 2.45. The van der Waals surface area contributed by atoms with E-state index in [1.807, 2.05) is 0 Å². The number of rotatable bonds is 2. The van der Waals surface area contributed by atoms with E-state index in [-0.39, 0.29) is 16.9 Å². The summed E-state index contributed by atoms with van der Waals surface area (Å²) in [6.45, 7) is 1.38. The largest absolute Gasteiger partial charge is 0.478 e. The van der Waals surface area contributed by atoms with E-state index >= 15 is 0 Å². The van der Waals surface area contributed by atoms with Crippen LogP contribution < -0.4 is 4.90 Å². The third-order valence-corrected chi connectivity index (χ3v) is 3.55. The van der Waals surface area contributed by atoms with E-state index in [4.69, 9.17) is 9.84 Å². The Hall–Kier alpha value is -2.49. The van der Waals surface area contributed by atoms with E-state index in [2.05, 4.69) is 9.97 Å². The molecular weight excluding hydrogens is 334 g/mol. The maximum Gasteiger partial charge on any atom is 0.434 e. The summed E-state index contributed by atoms with van der Waals surface area (Å²) < 4.78 is 58.4. The van der Waals surface area contributed by atoms with E-state index in [9.17, 15) is 22.4 Å². The highest BCUT2D eigenvalue weighted by Gasteiger charge is 2.38. The van der Waals surface area contributed by atoms with Gasteiger partial charge in [-0.15, -0.1) is 0 Å². The van der Waals surface area contributed by atoms with Gasteiger partial charge in [-0.3, -0.25) is 0 Å². The molecule has 6 nitrogen and oxygen atoms in total. The normalized spacial score (nSPS) is 15.8. The standard InChI is InChI=1S/C14H11F4N3O3/c15-9-6-7-5-8(13(22)23)10(14(16,17)18)19-11(7)20-12(9)21-1-3-24-4-2-21/h5-6H,1-4H2,(H,22,23). The van der Waals surface area contributed by atoms with Crippen molar-refractivity contribution in [1.82, 2.24) is 9.97 Å². The molecule has 1 N–H and O–H groups in total. The summed E-state index contributed by atoms with van der Waals surface area (Å²) in [5, 5.41) is 8.82. The maximum absolute atomic E-state index is 14.2. The molecule has 128 valence electrons. The Balaban J connectivity index is 2.18. The number of alkyl halides is 3. The van der Waals surface area contributed by atoms with Gasteiger partial charge >= 0.3 is 12.1 Å². The summed E-state index contributed by atoms with van der Waals surface area (Å²) in [7, 11) is 0. The number of morpholine rings is 1. The average Bonchev–Trinajstić information content (AvgIpc) is 2.53. The predicted molar refractivity (Wildman–Crippen MR) is 74.5 cm³/mol. The quantitative estimate of drug-likeness (QED) is 0.842. The number of pyridine rings is 2. The van der Waals surface area contributed by atoms with E-state index in [1.54, 1.807) is 4.90 Å². The van der Waals surface area contributed by atoms with Crippen molar-refractivity contribution in [2.24, 2.45) is 0 Å². The molecule has 0 spiro atoms. The van der Waals surface area contributed by atoms with Crippen molar-refractivity contribution in [3.05, 3.63) is 29.2 Å². The molecule has 0 amide bonds. The smallest absolute Gasteiger partial charge is 0.434 e. The van der Waals surface area contributed by atoms with Crippen molar-refractivity contribution in [3.8, 4) is 0 Å². The van der Waals surface area contributed by atoms with Crippen LogP contribution in [-0.2, 0) is 10.9 Å². The van der Waals surface area contributed by atoms with Crippen molar-refractivity contribution in [1.29, 1.82) is 0 Å². The van der Waals surface area contributed by atoms with Crippen molar-refractivity contribution in [2.75, 3.05) is 31.2 Å². The van der Waals surface area contributed by atoms with Gasteiger partial charge in [0.25, 0.3) is 0 Å². The zero-order valence-electron chi connectivity index (χ0n) is 12.1. The molecule has 0 aromatic carbocycles. The molecule has 1 aliphatic rings. The van der Waals surface area contributed by atoms with Crippen LogP contribution in [-0.4, -0.2) is 47.3 Å². The van der Waals surface area contributed by atoms with Crippen LogP contribution in [0.4, 0.5) is 23.4 Å². The number of carboxylic acids is 1. The number of hydrogen-bond acceptors (Lipinski definition) is 5. The van der Waals surface area contributed by atoms with Crippen molar-refractivity contribution < 1.29 is 32.2 Å². The zero-order valence-corrected chi connectivity index (χ0v) is 12.1. The molecule has 2 aromatic rings. The monoisotopic (exact) mass is 345 g/mol. The van der Waals surface area contributed by atoms with Gasteiger partial charge in [-0.2, -0.15) is 13.2 Å². The van der Waals surface area contributed by atoms with Gasteiger partial charge in [-0.1, -0.05) is 0 Å². The second-order valence-corrected chi connectivity index (χ2v) is 5.13. The minimum Gasteiger partial charge on any atom is -0.478 e. The van der Waals surface area contributed by atoms with Gasteiger partial charge in [0.05, 0.1) is 18.8 Å². The van der Waals surface area contributed by atoms with Crippen LogP contribution in [0.5, 0.6) is 0 Å². The molecule has 10 heteroatoms. The highest BCUT2D eigenvalue weighted by Crippen LogP contribution is 2.33. The number of carboxylic acid groups (broad SMARTS) is 1. The van der Waals surface area contributed by atoms with E-state index in [0.717, 1.165) is 12.1 Å². The zero-order chi connectivity index (χ0) is 17.5. The highest BCUT2D eigenvalue weighted by molar-refractivity contribution is 5.93. The first-order chi connectivity index (χ1) is 11.3. The fourth-order valence-electron chi connectivity index (χ4n) is 2.45. The molecular formula is C14H11F4N3O3. The van der Waals surface area contributed by atoms with Crippen molar-refractivity contribution >= 4 is 22.8 Å². The molecule has 0 unspecified atom stereocenters. The minimum atomic E-state index is -4.96. The summed E-state index contributed by atoms with van der Waals surface area (Å²) >= 11 is 0. The Morgan fingerprint density at radius 3 is 2.46 bits per heavy atom. The highest BCUT2D eigenvalue weighted by atomic mass is 19.4. The van der Waals surface area contributed by atoms with Gasteiger partial charge in [0.15, 0.2) is 23.0 Å². The van der Waals surface area contributed by atoms with Crippen LogP contribution in [0.15, 0.2) is 12.1 Å². The summed E-state index contributed by atoms with van der Waals surface area (Å²) in [4.78, 5) is 19.8. The van der Waals surface area contributed by atoms with Crippen molar-refractivity contribution in [2.45, 2.75) is 6.18 Å². The van der Waals surface area contributed by atoms with E-state index in [0.29, 0.717) is 26.3 Å². The lowest BCUT2D eigenvalue weighted by atomic mass is 10.1. The Morgan fingerprint density at radius 2 is 1.88 bits per heavy atom. The predicted octanol–water partition coefficient (Wildman–Crippen LogP) is 2.32. The van der Waals surface area contributed by atoms with Crippen LogP contribution in [0.2, 0.25) is 0 Å². The third-order valence-electron chi connectivity index (χ3n) is 3.55. The second-order valence-electron chi connectivity index (χ2n) is 5.13. The molecule has 1 fully saturated rings. The number of hydrogen-bond donors (Lipinski definition) is 1. The molecule has 1 saturated heterocycles. The van der Waals surface area contributed by atoms with Crippen LogP contribution in [0, 0.1) is 5.82 Å². The Kier molecular flexibility index (Phi) is 3.99. The number of carbonyl (C=O) groups is 1. The third kappa shape index (κ3) is 2.96. The SMILES string of the molecule is O=C(O)c1cc2cc(F)c(N3CCOCC3)nc2nc1C(F)(F)F. The molecule has 0 saturated carbocycles. The summed E-state index contributed by atoms with van der Waals surface area (Å²) in [5.74, 6) is -2.69. The van der Waals surface area contributed by atoms with Gasteiger partial charge in [-0.25, -0.2) is 19.2 Å². The molecule has 2 aromatic heterocycles. The van der Waals surface area contributed by atoms with Crippen molar-refractivity contribution in [3.63, 3.8) is 0 Å².